The molecule has 3 N–H and O–H groups in total. The molecule has 30 heavy (non-hydrogen) atoms. The van der Waals surface area contributed by atoms with Crippen molar-refractivity contribution >= 4 is 29.1 Å². The number of benzene rings is 2. The summed E-state index contributed by atoms with van der Waals surface area (Å²) in [6.07, 6.45) is 1.09. The van der Waals surface area contributed by atoms with E-state index in [9.17, 15) is 14.4 Å². The molecule has 0 spiro atoms. The molecule has 158 valence electrons. The molecule has 1 fully saturated rings. The second-order valence-electron chi connectivity index (χ2n) is 7.01. The molecule has 1 atom stereocenters. The molecule has 0 unspecified atom stereocenters. The van der Waals surface area contributed by atoms with Crippen molar-refractivity contribution < 1.29 is 23.9 Å². The van der Waals surface area contributed by atoms with Gasteiger partial charge in [-0.15, -0.1) is 0 Å². The van der Waals surface area contributed by atoms with Crippen LogP contribution in [-0.2, 0) is 14.3 Å². The summed E-state index contributed by atoms with van der Waals surface area (Å²) in [5, 5.41) is 8.06. The van der Waals surface area contributed by atoms with Crippen LogP contribution in [0.25, 0.3) is 0 Å². The molecule has 2 aromatic carbocycles. The number of carbonyl (C=O) groups is 3. The number of rotatable bonds is 7. The van der Waals surface area contributed by atoms with Gasteiger partial charge in [-0.25, -0.2) is 0 Å². The molecule has 1 heterocycles. The first-order valence-corrected chi connectivity index (χ1v) is 9.71. The molecule has 3 amide bonds. The largest absolute Gasteiger partial charge is 0.495 e. The summed E-state index contributed by atoms with van der Waals surface area (Å²) in [5.74, 6) is -0.490. The van der Waals surface area contributed by atoms with Gasteiger partial charge < -0.3 is 25.4 Å². The Bertz CT molecular complexity index is 938. The Morgan fingerprint density at radius 1 is 1.13 bits per heavy atom. The maximum Gasteiger partial charge on any atom is 0.253 e. The summed E-state index contributed by atoms with van der Waals surface area (Å²) in [6.45, 7) is 2.28. The number of methoxy groups -OCH3 is 1. The highest BCUT2D eigenvalue weighted by atomic mass is 16.5. The summed E-state index contributed by atoms with van der Waals surface area (Å²) in [5.41, 5.74) is 2.34. The maximum atomic E-state index is 12.4. The lowest BCUT2D eigenvalue weighted by Gasteiger charge is -2.12. The number of amides is 3. The van der Waals surface area contributed by atoms with Crippen LogP contribution in [0.15, 0.2) is 42.5 Å². The molecule has 1 saturated heterocycles. The van der Waals surface area contributed by atoms with Crippen molar-refractivity contribution in [1.29, 1.82) is 0 Å². The number of anilines is 2. The Morgan fingerprint density at radius 2 is 1.97 bits per heavy atom. The van der Waals surface area contributed by atoms with Crippen molar-refractivity contribution in [2.75, 3.05) is 30.9 Å². The number of ether oxygens (including phenoxy) is 2. The SMILES string of the molecule is COc1ccc(C)cc1NC(=O)CNC(=O)c1cccc(NC(=O)[C@H]2CCCO2)c1. The Kier molecular flexibility index (Phi) is 7.03. The van der Waals surface area contributed by atoms with Crippen molar-refractivity contribution in [3.05, 3.63) is 53.6 Å². The second kappa shape index (κ2) is 9.89. The molecule has 3 rings (SSSR count). The van der Waals surface area contributed by atoms with Crippen molar-refractivity contribution in [2.24, 2.45) is 0 Å². The van der Waals surface area contributed by atoms with Gasteiger partial charge in [0.1, 0.15) is 11.9 Å². The third-order valence-electron chi connectivity index (χ3n) is 4.65. The summed E-state index contributed by atoms with van der Waals surface area (Å²) < 4.78 is 10.6. The quantitative estimate of drug-likeness (QED) is 0.649. The highest BCUT2D eigenvalue weighted by molar-refractivity contribution is 6.01. The average molecular weight is 411 g/mol. The van der Waals surface area contributed by atoms with Gasteiger partial charge in [-0.05, 0) is 55.7 Å². The molecule has 1 aliphatic rings. The van der Waals surface area contributed by atoms with Crippen LogP contribution in [0.2, 0.25) is 0 Å². The fourth-order valence-electron chi connectivity index (χ4n) is 3.12. The Labute approximate surface area is 174 Å². The standard InChI is InChI=1S/C22H25N3O5/c1-14-8-9-18(29-2)17(11-14)25-20(26)13-23-21(27)15-5-3-6-16(12-15)24-22(28)19-7-4-10-30-19/h3,5-6,8-9,11-12,19H,4,7,10,13H2,1-2H3,(H,23,27)(H,24,28)(H,25,26)/t19-/m1/s1. The van der Waals surface area contributed by atoms with Crippen molar-refractivity contribution in [1.82, 2.24) is 5.32 Å². The molecule has 8 nitrogen and oxygen atoms in total. The van der Waals surface area contributed by atoms with E-state index in [0.717, 1.165) is 12.0 Å². The molecule has 1 aliphatic heterocycles. The zero-order valence-electron chi connectivity index (χ0n) is 17.0. The topological polar surface area (TPSA) is 106 Å². The normalized spacial score (nSPS) is 15.3. The van der Waals surface area contributed by atoms with Crippen LogP contribution in [0, 0.1) is 6.92 Å². The minimum Gasteiger partial charge on any atom is -0.495 e. The number of nitrogens with one attached hydrogen (secondary N) is 3. The van der Waals surface area contributed by atoms with E-state index in [2.05, 4.69) is 16.0 Å². The minimum atomic E-state index is -0.454. The third-order valence-corrected chi connectivity index (χ3v) is 4.65. The summed E-state index contributed by atoms with van der Waals surface area (Å²) >= 11 is 0. The van der Waals surface area contributed by atoms with Crippen LogP contribution in [0.4, 0.5) is 11.4 Å². The first-order valence-electron chi connectivity index (χ1n) is 9.71. The molecule has 0 aliphatic carbocycles. The monoisotopic (exact) mass is 411 g/mol. The van der Waals surface area contributed by atoms with Crippen molar-refractivity contribution in [3.63, 3.8) is 0 Å². The Balaban J connectivity index is 1.55. The number of carbonyl (C=O) groups excluding carboxylic acids is 3. The van der Waals surface area contributed by atoms with Gasteiger partial charge in [0.25, 0.3) is 11.8 Å². The summed E-state index contributed by atoms with van der Waals surface area (Å²) in [7, 11) is 1.52. The van der Waals surface area contributed by atoms with Gasteiger partial charge in [0, 0.05) is 17.9 Å². The van der Waals surface area contributed by atoms with Gasteiger partial charge in [-0.3, -0.25) is 14.4 Å². The van der Waals surface area contributed by atoms with E-state index < -0.39 is 12.0 Å². The van der Waals surface area contributed by atoms with Crippen LogP contribution >= 0.6 is 0 Å². The van der Waals surface area contributed by atoms with Gasteiger partial charge in [-0.2, -0.15) is 0 Å². The van der Waals surface area contributed by atoms with Gasteiger partial charge in [0.05, 0.1) is 19.3 Å². The number of aryl methyl sites for hydroxylation is 1. The van der Waals surface area contributed by atoms with Gasteiger partial charge in [0.2, 0.25) is 5.91 Å². The Morgan fingerprint density at radius 3 is 2.70 bits per heavy atom. The Hall–Kier alpha value is -3.39. The van der Waals surface area contributed by atoms with E-state index in [1.807, 2.05) is 13.0 Å². The van der Waals surface area contributed by atoms with Crippen molar-refractivity contribution in [2.45, 2.75) is 25.9 Å². The second-order valence-corrected chi connectivity index (χ2v) is 7.01. The maximum absolute atomic E-state index is 12.4. The molecule has 0 bridgehead atoms. The minimum absolute atomic E-state index is 0.206. The number of hydrogen-bond acceptors (Lipinski definition) is 5. The zero-order valence-corrected chi connectivity index (χ0v) is 17.0. The fraction of sp³-hybridized carbons (Fsp3) is 0.318. The molecule has 2 aromatic rings. The highest BCUT2D eigenvalue weighted by Gasteiger charge is 2.23. The lowest BCUT2D eigenvalue weighted by molar-refractivity contribution is -0.124. The van der Waals surface area contributed by atoms with E-state index in [1.54, 1.807) is 36.4 Å². The van der Waals surface area contributed by atoms with Crippen LogP contribution < -0.4 is 20.7 Å². The van der Waals surface area contributed by atoms with E-state index in [4.69, 9.17) is 9.47 Å². The van der Waals surface area contributed by atoms with Crippen LogP contribution in [0.3, 0.4) is 0 Å². The van der Waals surface area contributed by atoms with Crippen molar-refractivity contribution in [3.8, 4) is 5.75 Å². The van der Waals surface area contributed by atoms with E-state index in [0.29, 0.717) is 35.7 Å². The van der Waals surface area contributed by atoms with Crippen LogP contribution in [0.5, 0.6) is 5.75 Å². The van der Waals surface area contributed by atoms with Crippen LogP contribution in [0.1, 0.15) is 28.8 Å². The predicted octanol–water partition coefficient (Wildman–Crippen LogP) is 2.49. The summed E-state index contributed by atoms with van der Waals surface area (Å²) in [6, 6.07) is 12.0. The highest BCUT2D eigenvalue weighted by Crippen LogP contribution is 2.25. The summed E-state index contributed by atoms with van der Waals surface area (Å²) in [4.78, 5) is 36.8. The average Bonchev–Trinajstić information content (AvgIpc) is 3.27. The number of hydrogen-bond donors (Lipinski definition) is 3. The molecule has 0 radical (unpaired) electrons. The molecular formula is C22H25N3O5. The fourth-order valence-corrected chi connectivity index (χ4v) is 3.12. The lowest BCUT2D eigenvalue weighted by Crippen LogP contribution is -2.33. The molecule has 0 aromatic heterocycles. The lowest BCUT2D eigenvalue weighted by atomic mass is 10.1. The predicted molar refractivity (Wildman–Crippen MR) is 113 cm³/mol. The molecule has 0 saturated carbocycles. The van der Waals surface area contributed by atoms with Crippen LogP contribution in [-0.4, -0.2) is 44.1 Å². The van der Waals surface area contributed by atoms with E-state index >= 15 is 0 Å². The van der Waals surface area contributed by atoms with E-state index in [1.165, 1.54) is 7.11 Å². The smallest absolute Gasteiger partial charge is 0.253 e. The molecular weight excluding hydrogens is 386 g/mol. The first-order chi connectivity index (χ1) is 14.5. The zero-order chi connectivity index (χ0) is 21.5. The third kappa shape index (κ3) is 5.57. The first kappa shape index (κ1) is 21.3. The van der Waals surface area contributed by atoms with Gasteiger partial charge in [-0.1, -0.05) is 12.1 Å². The van der Waals surface area contributed by atoms with Gasteiger partial charge in [0.15, 0.2) is 0 Å². The van der Waals surface area contributed by atoms with E-state index in [-0.39, 0.29) is 18.4 Å². The molecule has 8 heteroatoms. The van der Waals surface area contributed by atoms with Gasteiger partial charge >= 0.3 is 0 Å².